The van der Waals surface area contributed by atoms with E-state index in [0.717, 1.165) is 44.9 Å². The van der Waals surface area contributed by atoms with E-state index in [1.165, 1.54) is 12.5 Å². The number of primary amides is 1. The number of ether oxygens (including phenoxy) is 1. The molecule has 0 aliphatic heterocycles. The summed E-state index contributed by atoms with van der Waals surface area (Å²) in [5, 5.41) is 0. The van der Waals surface area contributed by atoms with Crippen LogP contribution in [0.5, 0.6) is 0 Å². The van der Waals surface area contributed by atoms with Gasteiger partial charge in [-0.3, -0.25) is 14.4 Å². The zero-order chi connectivity index (χ0) is 21.1. The summed E-state index contributed by atoms with van der Waals surface area (Å²) < 4.78 is 5.52. The van der Waals surface area contributed by atoms with Crippen LogP contribution in [0.15, 0.2) is 11.6 Å². The zero-order valence-electron chi connectivity index (χ0n) is 18.2. The smallest absolute Gasteiger partial charge is 0.302 e. The van der Waals surface area contributed by atoms with E-state index in [9.17, 15) is 14.4 Å². The molecule has 29 heavy (non-hydrogen) atoms. The van der Waals surface area contributed by atoms with Crippen LogP contribution in [0.25, 0.3) is 0 Å². The molecule has 4 aliphatic rings. The second-order valence-electron chi connectivity index (χ2n) is 10.6. The van der Waals surface area contributed by atoms with Crippen molar-refractivity contribution in [2.24, 2.45) is 46.2 Å². The molecule has 0 aromatic heterocycles. The number of carbonyl (C=O) groups excluding carboxylic acids is 3. The van der Waals surface area contributed by atoms with Crippen LogP contribution in [0.1, 0.15) is 72.6 Å². The van der Waals surface area contributed by atoms with E-state index in [0.29, 0.717) is 17.8 Å². The number of hydrogen-bond acceptors (Lipinski definition) is 4. The topological polar surface area (TPSA) is 86.5 Å². The van der Waals surface area contributed by atoms with Crippen molar-refractivity contribution in [2.75, 3.05) is 0 Å². The summed E-state index contributed by atoms with van der Waals surface area (Å²) >= 11 is 0. The molecule has 3 fully saturated rings. The Hall–Kier alpha value is -1.65. The minimum atomic E-state index is -0.320. The van der Waals surface area contributed by atoms with E-state index in [4.69, 9.17) is 10.5 Å². The number of carbonyl (C=O) groups is 3. The number of esters is 1. The minimum absolute atomic E-state index is 0.00467. The third-order valence-electron chi connectivity index (χ3n) is 9.25. The number of nitrogens with two attached hydrogens (primary N) is 1. The lowest BCUT2D eigenvalue weighted by Crippen LogP contribution is -2.51. The molecule has 0 unspecified atom stereocenters. The molecule has 2 N–H and O–H groups in total. The third kappa shape index (κ3) is 3.07. The van der Waals surface area contributed by atoms with Gasteiger partial charge in [-0.25, -0.2) is 0 Å². The van der Waals surface area contributed by atoms with Gasteiger partial charge in [-0.2, -0.15) is 0 Å². The molecule has 1 amide bonds. The average Bonchev–Trinajstić information content (AvgIpc) is 2.95. The van der Waals surface area contributed by atoms with Crippen LogP contribution in [0.3, 0.4) is 0 Å². The lowest BCUT2D eigenvalue weighted by atomic mass is 9.47. The summed E-state index contributed by atoms with van der Waals surface area (Å²) in [4.78, 5) is 36.1. The Morgan fingerprint density at radius 1 is 1.10 bits per heavy atom. The summed E-state index contributed by atoms with van der Waals surface area (Å²) in [6, 6.07) is 0. The Kier molecular flexibility index (Phi) is 4.94. The van der Waals surface area contributed by atoms with Crippen molar-refractivity contribution in [1.82, 2.24) is 0 Å². The number of ketones is 1. The molecule has 0 spiro atoms. The molecule has 0 saturated heterocycles. The summed E-state index contributed by atoms with van der Waals surface area (Å²) in [5.41, 5.74) is 7.22. The van der Waals surface area contributed by atoms with E-state index in [-0.39, 0.29) is 46.4 Å². The fraction of sp³-hybridized carbons (Fsp3) is 0.792. The van der Waals surface area contributed by atoms with Crippen molar-refractivity contribution in [3.05, 3.63) is 11.6 Å². The lowest BCUT2D eigenvalue weighted by Gasteiger charge is -2.58. The van der Waals surface area contributed by atoms with Crippen molar-refractivity contribution >= 4 is 17.7 Å². The van der Waals surface area contributed by atoms with Crippen LogP contribution in [0, 0.1) is 40.4 Å². The van der Waals surface area contributed by atoms with Gasteiger partial charge in [0.15, 0.2) is 0 Å². The highest BCUT2D eigenvalue weighted by Crippen LogP contribution is 2.67. The first-order chi connectivity index (χ1) is 13.6. The van der Waals surface area contributed by atoms with Crippen LogP contribution in [-0.4, -0.2) is 23.8 Å². The third-order valence-corrected chi connectivity index (χ3v) is 9.25. The van der Waals surface area contributed by atoms with E-state index in [1.54, 1.807) is 6.92 Å². The normalized spacial score (nSPS) is 46.0. The van der Waals surface area contributed by atoms with E-state index in [2.05, 4.69) is 19.9 Å². The van der Waals surface area contributed by atoms with Gasteiger partial charge in [0.1, 0.15) is 11.9 Å². The number of fused-ring (bicyclic) bond motifs is 5. The number of hydrogen-bond donors (Lipinski definition) is 1. The maximum Gasteiger partial charge on any atom is 0.302 e. The first-order valence-electron chi connectivity index (χ1n) is 11.2. The van der Waals surface area contributed by atoms with Crippen LogP contribution >= 0.6 is 0 Å². The molecule has 0 aromatic carbocycles. The zero-order valence-corrected chi connectivity index (χ0v) is 18.2. The van der Waals surface area contributed by atoms with Gasteiger partial charge in [-0.05, 0) is 74.0 Å². The van der Waals surface area contributed by atoms with Crippen LogP contribution in [0.2, 0.25) is 0 Å². The van der Waals surface area contributed by atoms with E-state index in [1.807, 2.05) is 0 Å². The largest absolute Gasteiger partial charge is 0.462 e. The van der Waals surface area contributed by atoms with Gasteiger partial charge in [-0.1, -0.05) is 25.5 Å². The lowest BCUT2D eigenvalue weighted by molar-refractivity contribution is -0.149. The quantitative estimate of drug-likeness (QED) is 0.576. The van der Waals surface area contributed by atoms with Crippen molar-refractivity contribution in [3.63, 3.8) is 0 Å². The molecule has 8 atom stereocenters. The van der Waals surface area contributed by atoms with Crippen molar-refractivity contribution in [1.29, 1.82) is 0 Å². The van der Waals surface area contributed by atoms with Gasteiger partial charge < -0.3 is 10.5 Å². The minimum Gasteiger partial charge on any atom is -0.462 e. The molecule has 4 rings (SSSR count). The Balaban J connectivity index is 1.63. The highest BCUT2D eigenvalue weighted by Gasteiger charge is 2.63. The summed E-state index contributed by atoms with van der Waals surface area (Å²) in [6.07, 6.45) is 9.04. The molecule has 5 heteroatoms. The molecular formula is C24H35NO4. The van der Waals surface area contributed by atoms with E-state index >= 15 is 0 Å². The standard InChI is InChI=1S/C24H35NO4/c1-13(26)21-18(22(25)28)12-20-17-6-5-15-11-16(29-14(2)27)7-9-23(15,3)19(17)8-10-24(20,21)4/h5,16-21H,6-12H2,1-4H3,(H2,25,28)/t16-,17+,18-,19-,20-,21-,23-,24-/m0/s1. The van der Waals surface area contributed by atoms with Gasteiger partial charge in [0.2, 0.25) is 5.91 Å². The highest BCUT2D eigenvalue weighted by atomic mass is 16.5. The molecule has 160 valence electrons. The van der Waals surface area contributed by atoms with Crippen LogP contribution < -0.4 is 5.73 Å². The predicted molar refractivity (Wildman–Crippen MR) is 109 cm³/mol. The molecule has 0 heterocycles. The monoisotopic (exact) mass is 401 g/mol. The number of allylic oxidation sites excluding steroid dienone is 1. The number of amides is 1. The fourth-order valence-corrected chi connectivity index (χ4v) is 8.04. The summed E-state index contributed by atoms with van der Waals surface area (Å²) in [7, 11) is 0. The molecule has 4 aliphatic carbocycles. The molecule has 3 saturated carbocycles. The fourth-order valence-electron chi connectivity index (χ4n) is 8.04. The molecule has 0 aromatic rings. The average molecular weight is 402 g/mol. The van der Waals surface area contributed by atoms with Gasteiger partial charge in [0, 0.05) is 25.2 Å². The predicted octanol–water partition coefficient (Wildman–Crippen LogP) is 3.80. The maximum absolute atomic E-state index is 12.5. The first kappa shape index (κ1) is 20.6. The van der Waals surface area contributed by atoms with Crippen molar-refractivity contribution in [3.8, 4) is 0 Å². The van der Waals surface area contributed by atoms with Gasteiger partial charge in [0.05, 0.1) is 0 Å². The molecule has 5 nitrogen and oxygen atoms in total. The number of rotatable bonds is 3. The van der Waals surface area contributed by atoms with Gasteiger partial charge >= 0.3 is 5.97 Å². The van der Waals surface area contributed by atoms with Gasteiger partial charge in [-0.15, -0.1) is 0 Å². The number of Topliss-reactive ketones (excluding diaryl/α,β-unsaturated/α-hetero) is 1. The molecule has 0 radical (unpaired) electrons. The second kappa shape index (κ2) is 6.95. The molecular weight excluding hydrogens is 366 g/mol. The van der Waals surface area contributed by atoms with Gasteiger partial charge in [0.25, 0.3) is 0 Å². The Morgan fingerprint density at radius 2 is 1.83 bits per heavy atom. The van der Waals surface area contributed by atoms with E-state index < -0.39 is 0 Å². The summed E-state index contributed by atoms with van der Waals surface area (Å²) in [6.45, 7) is 7.76. The maximum atomic E-state index is 12.5. The highest BCUT2D eigenvalue weighted by molar-refractivity contribution is 5.88. The SMILES string of the molecule is CC(=O)O[C@H]1CC[C@@]2(C)C(=CC[C@H]3[C@@H]4C[C@H](C(N)=O)[C@H](C(C)=O)[C@@]4(C)CC[C@@H]32)C1. The summed E-state index contributed by atoms with van der Waals surface area (Å²) in [5.74, 6) is 0.503. The van der Waals surface area contributed by atoms with Crippen LogP contribution in [0.4, 0.5) is 0 Å². The van der Waals surface area contributed by atoms with Crippen molar-refractivity contribution < 1.29 is 19.1 Å². The Labute approximate surface area is 173 Å². The van der Waals surface area contributed by atoms with Crippen molar-refractivity contribution in [2.45, 2.75) is 78.7 Å². The second-order valence-corrected chi connectivity index (χ2v) is 10.6. The first-order valence-corrected chi connectivity index (χ1v) is 11.2. The Morgan fingerprint density at radius 3 is 2.45 bits per heavy atom. The van der Waals surface area contributed by atoms with Crippen LogP contribution in [-0.2, 0) is 19.1 Å². The Bertz CT molecular complexity index is 773. The molecule has 0 bridgehead atoms.